The lowest BCUT2D eigenvalue weighted by molar-refractivity contribution is 0.0944. The Morgan fingerprint density at radius 1 is 1.59 bits per heavy atom. The highest BCUT2D eigenvalue weighted by Crippen LogP contribution is 2.18. The molecule has 1 aromatic carbocycles. The maximum Gasteiger partial charge on any atom is 0.252 e. The molecule has 5 heteroatoms. The van der Waals surface area contributed by atoms with E-state index in [9.17, 15) is 4.79 Å². The van der Waals surface area contributed by atoms with Crippen LogP contribution in [0, 0.1) is 9.49 Å². The number of nitrogens with one attached hydrogen (secondary N) is 1. The van der Waals surface area contributed by atoms with Crippen molar-refractivity contribution in [3.05, 3.63) is 32.4 Å². The van der Waals surface area contributed by atoms with Crippen LogP contribution < -0.4 is 5.32 Å². The summed E-state index contributed by atoms with van der Waals surface area (Å²) in [4.78, 5) is 12.0. The first-order valence-corrected chi connectivity index (χ1v) is 6.93. The van der Waals surface area contributed by atoms with Gasteiger partial charge in [0.2, 0.25) is 0 Å². The predicted octanol–water partition coefficient (Wildman–Crippen LogP) is 2.71. The molecule has 0 spiro atoms. The summed E-state index contributed by atoms with van der Waals surface area (Å²) in [6, 6.07) is 5.32. The minimum absolute atomic E-state index is 0.0659. The molecular weight excluding hydrogens is 352 g/mol. The molecule has 1 saturated heterocycles. The molecular formula is C12H13ClINO2. The van der Waals surface area contributed by atoms with Gasteiger partial charge in [-0.25, -0.2) is 0 Å². The van der Waals surface area contributed by atoms with Crippen molar-refractivity contribution < 1.29 is 9.53 Å². The maximum atomic E-state index is 12.0. The number of ether oxygens (including phenoxy) is 1. The fourth-order valence-corrected chi connectivity index (χ4v) is 2.50. The van der Waals surface area contributed by atoms with E-state index in [1.54, 1.807) is 12.1 Å². The van der Waals surface area contributed by atoms with Crippen molar-refractivity contribution in [2.75, 3.05) is 19.8 Å². The molecule has 1 amide bonds. The Balaban J connectivity index is 1.96. The first-order valence-electron chi connectivity index (χ1n) is 5.48. The molecule has 1 aliphatic heterocycles. The molecule has 0 radical (unpaired) electrons. The highest BCUT2D eigenvalue weighted by Gasteiger charge is 2.17. The average Bonchev–Trinajstić information content (AvgIpc) is 2.82. The SMILES string of the molecule is O=C(NCC1CCOC1)c1cc(Cl)ccc1I. The van der Waals surface area contributed by atoms with Crippen molar-refractivity contribution in [1.29, 1.82) is 0 Å². The zero-order valence-corrected chi connectivity index (χ0v) is 12.1. The van der Waals surface area contributed by atoms with Gasteiger partial charge in [0, 0.05) is 27.7 Å². The molecule has 92 valence electrons. The van der Waals surface area contributed by atoms with Crippen LogP contribution in [0.25, 0.3) is 0 Å². The van der Waals surface area contributed by atoms with Gasteiger partial charge >= 0.3 is 0 Å². The van der Waals surface area contributed by atoms with Crippen LogP contribution in [-0.4, -0.2) is 25.7 Å². The molecule has 3 nitrogen and oxygen atoms in total. The van der Waals surface area contributed by atoms with E-state index in [1.165, 1.54) is 0 Å². The van der Waals surface area contributed by atoms with E-state index in [0.29, 0.717) is 23.0 Å². The summed E-state index contributed by atoms with van der Waals surface area (Å²) in [5.74, 6) is 0.375. The normalized spacial score (nSPS) is 19.3. The molecule has 1 atom stereocenters. The average molecular weight is 366 g/mol. The topological polar surface area (TPSA) is 38.3 Å². The number of carbonyl (C=O) groups is 1. The molecule has 1 fully saturated rings. The van der Waals surface area contributed by atoms with E-state index in [-0.39, 0.29) is 5.91 Å². The molecule has 0 aliphatic carbocycles. The number of rotatable bonds is 3. The summed E-state index contributed by atoms with van der Waals surface area (Å²) < 4.78 is 6.17. The quantitative estimate of drug-likeness (QED) is 0.837. The van der Waals surface area contributed by atoms with Crippen LogP contribution in [-0.2, 0) is 4.74 Å². The zero-order valence-electron chi connectivity index (χ0n) is 9.21. The lowest BCUT2D eigenvalue weighted by Gasteiger charge is -2.10. The van der Waals surface area contributed by atoms with Gasteiger partial charge in [0.25, 0.3) is 5.91 Å². The van der Waals surface area contributed by atoms with Crippen molar-refractivity contribution in [3.63, 3.8) is 0 Å². The van der Waals surface area contributed by atoms with Crippen LogP contribution in [0.5, 0.6) is 0 Å². The molecule has 1 unspecified atom stereocenters. The van der Waals surface area contributed by atoms with Crippen molar-refractivity contribution in [2.24, 2.45) is 5.92 Å². The third-order valence-corrected chi connectivity index (χ3v) is 3.92. The van der Waals surface area contributed by atoms with E-state index in [0.717, 1.165) is 23.2 Å². The zero-order chi connectivity index (χ0) is 12.3. The highest BCUT2D eigenvalue weighted by molar-refractivity contribution is 14.1. The Hall–Kier alpha value is -0.330. The van der Waals surface area contributed by atoms with Crippen molar-refractivity contribution in [1.82, 2.24) is 5.32 Å². The Bertz CT molecular complexity index is 419. The van der Waals surface area contributed by atoms with Crippen LogP contribution in [0.15, 0.2) is 18.2 Å². The van der Waals surface area contributed by atoms with Gasteiger partial charge in [0.15, 0.2) is 0 Å². The molecule has 1 N–H and O–H groups in total. The van der Waals surface area contributed by atoms with E-state index >= 15 is 0 Å². The Kier molecular flexibility index (Phi) is 4.64. The van der Waals surface area contributed by atoms with Crippen molar-refractivity contribution in [3.8, 4) is 0 Å². The van der Waals surface area contributed by atoms with Gasteiger partial charge in [-0.3, -0.25) is 4.79 Å². The first kappa shape index (κ1) is 13.1. The standard InChI is InChI=1S/C12H13ClINO2/c13-9-1-2-11(14)10(5-9)12(16)15-6-8-3-4-17-7-8/h1-2,5,8H,3-4,6-7H2,(H,15,16). The number of hydrogen-bond donors (Lipinski definition) is 1. The summed E-state index contributed by atoms with van der Waals surface area (Å²) in [5.41, 5.74) is 0.636. The smallest absolute Gasteiger partial charge is 0.252 e. The molecule has 0 aromatic heterocycles. The third kappa shape index (κ3) is 3.56. The van der Waals surface area contributed by atoms with Crippen LogP contribution in [0.1, 0.15) is 16.8 Å². The molecule has 1 aliphatic rings. The van der Waals surface area contributed by atoms with E-state index in [4.69, 9.17) is 16.3 Å². The molecule has 0 bridgehead atoms. The Morgan fingerprint density at radius 3 is 3.12 bits per heavy atom. The lowest BCUT2D eigenvalue weighted by Crippen LogP contribution is -2.30. The Morgan fingerprint density at radius 2 is 2.41 bits per heavy atom. The summed E-state index contributed by atoms with van der Waals surface area (Å²) >= 11 is 8.02. The van der Waals surface area contributed by atoms with Gasteiger partial charge < -0.3 is 10.1 Å². The van der Waals surface area contributed by atoms with Crippen LogP contribution in [0.3, 0.4) is 0 Å². The van der Waals surface area contributed by atoms with Gasteiger partial charge in [-0.05, 0) is 47.2 Å². The summed E-state index contributed by atoms with van der Waals surface area (Å²) in [6.45, 7) is 2.21. The fraction of sp³-hybridized carbons (Fsp3) is 0.417. The molecule has 17 heavy (non-hydrogen) atoms. The number of benzene rings is 1. The van der Waals surface area contributed by atoms with Crippen molar-refractivity contribution in [2.45, 2.75) is 6.42 Å². The highest BCUT2D eigenvalue weighted by atomic mass is 127. The van der Waals surface area contributed by atoms with Crippen LogP contribution in [0.2, 0.25) is 5.02 Å². The predicted molar refractivity (Wildman–Crippen MR) is 75.4 cm³/mol. The number of amides is 1. The summed E-state index contributed by atoms with van der Waals surface area (Å²) in [5, 5.41) is 3.51. The lowest BCUT2D eigenvalue weighted by atomic mass is 10.1. The summed E-state index contributed by atoms with van der Waals surface area (Å²) in [6.07, 6.45) is 1.02. The fourth-order valence-electron chi connectivity index (χ4n) is 1.75. The van der Waals surface area contributed by atoms with Gasteiger partial charge in [-0.1, -0.05) is 11.6 Å². The molecule has 1 aromatic rings. The van der Waals surface area contributed by atoms with E-state index in [2.05, 4.69) is 27.9 Å². The molecule has 2 rings (SSSR count). The number of halogens is 2. The second-order valence-electron chi connectivity index (χ2n) is 4.06. The second kappa shape index (κ2) is 6.02. The first-order chi connectivity index (χ1) is 8.16. The number of carbonyl (C=O) groups excluding carboxylic acids is 1. The summed E-state index contributed by atoms with van der Waals surface area (Å²) in [7, 11) is 0. The monoisotopic (exact) mass is 365 g/mol. The minimum atomic E-state index is -0.0659. The van der Waals surface area contributed by atoms with Gasteiger partial charge in [-0.15, -0.1) is 0 Å². The third-order valence-electron chi connectivity index (χ3n) is 2.75. The second-order valence-corrected chi connectivity index (χ2v) is 5.66. The van der Waals surface area contributed by atoms with E-state index in [1.807, 2.05) is 6.07 Å². The van der Waals surface area contributed by atoms with Gasteiger partial charge in [-0.2, -0.15) is 0 Å². The van der Waals surface area contributed by atoms with Gasteiger partial charge in [0.1, 0.15) is 0 Å². The largest absolute Gasteiger partial charge is 0.381 e. The molecule has 1 heterocycles. The van der Waals surface area contributed by atoms with E-state index < -0.39 is 0 Å². The minimum Gasteiger partial charge on any atom is -0.381 e. The molecule has 0 saturated carbocycles. The van der Waals surface area contributed by atoms with Gasteiger partial charge in [0.05, 0.1) is 12.2 Å². The van der Waals surface area contributed by atoms with Crippen LogP contribution in [0.4, 0.5) is 0 Å². The van der Waals surface area contributed by atoms with Crippen LogP contribution >= 0.6 is 34.2 Å². The Labute approximate surface area is 119 Å². The van der Waals surface area contributed by atoms with Crippen molar-refractivity contribution >= 4 is 40.1 Å². The maximum absolute atomic E-state index is 12.0. The number of hydrogen-bond acceptors (Lipinski definition) is 2.